The van der Waals surface area contributed by atoms with E-state index >= 15 is 0 Å². The molecule has 26 heavy (non-hydrogen) atoms. The lowest BCUT2D eigenvalue weighted by Gasteiger charge is -2.24. The van der Waals surface area contributed by atoms with E-state index in [4.69, 9.17) is 0 Å². The van der Waals surface area contributed by atoms with Crippen molar-refractivity contribution >= 4 is 17.7 Å². The highest BCUT2D eigenvalue weighted by atomic mass is 16.3. The molecule has 1 aromatic carbocycles. The summed E-state index contributed by atoms with van der Waals surface area (Å²) in [7, 11) is 1.71. The molecule has 3 N–H and O–H groups in total. The minimum Gasteiger partial charge on any atom is -0.383 e. The summed E-state index contributed by atoms with van der Waals surface area (Å²) in [5, 5.41) is 15.0. The van der Waals surface area contributed by atoms with Crippen LogP contribution in [0, 0.1) is 5.92 Å². The van der Waals surface area contributed by atoms with Crippen molar-refractivity contribution < 1.29 is 19.5 Å². The lowest BCUT2D eigenvalue weighted by molar-refractivity contribution is -0.137. The Morgan fingerprint density at radius 2 is 1.85 bits per heavy atom. The number of benzene rings is 1. The van der Waals surface area contributed by atoms with Gasteiger partial charge in [0.1, 0.15) is 18.2 Å². The number of carbonyl (C=O) groups excluding carboxylic acids is 3. The first-order valence-electron chi connectivity index (χ1n) is 8.84. The highest BCUT2D eigenvalue weighted by Crippen LogP contribution is 2.24. The number of hydrogen-bond donors (Lipinski definition) is 3. The molecule has 0 fully saturated rings. The van der Waals surface area contributed by atoms with E-state index in [0.29, 0.717) is 6.54 Å². The number of nitrogens with zero attached hydrogens (tertiary/aromatic N) is 1. The molecule has 0 bridgehead atoms. The van der Waals surface area contributed by atoms with E-state index in [0.717, 1.165) is 17.5 Å². The molecule has 0 aliphatic carbocycles. The molecule has 1 unspecified atom stereocenters. The largest absolute Gasteiger partial charge is 0.383 e. The summed E-state index contributed by atoms with van der Waals surface area (Å²) in [5.41, 5.74) is 1.79. The van der Waals surface area contributed by atoms with E-state index in [-0.39, 0.29) is 11.8 Å². The summed E-state index contributed by atoms with van der Waals surface area (Å²) >= 11 is 0. The predicted octanol–water partition coefficient (Wildman–Crippen LogP) is 0.380. The molecule has 0 spiro atoms. The van der Waals surface area contributed by atoms with E-state index in [2.05, 4.69) is 10.6 Å². The Balaban J connectivity index is 2.13. The smallest absolute Gasteiger partial charge is 0.249 e. The van der Waals surface area contributed by atoms with Crippen molar-refractivity contribution in [2.75, 3.05) is 13.6 Å². The van der Waals surface area contributed by atoms with E-state index in [9.17, 15) is 19.5 Å². The highest BCUT2D eigenvalue weighted by Gasteiger charge is 2.32. The number of nitrogens with one attached hydrogen (secondary N) is 2. The number of amides is 3. The van der Waals surface area contributed by atoms with Gasteiger partial charge in [-0.2, -0.15) is 0 Å². The second kappa shape index (κ2) is 8.31. The maximum atomic E-state index is 12.7. The lowest BCUT2D eigenvalue weighted by atomic mass is 9.99. The minimum atomic E-state index is -1.18. The van der Waals surface area contributed by atoms with Crippen LogP contribution in [0.3, 0.4) is 0 Å². The maximum absolute atomic E-state index is 12.7. The van der Waals surface area contributed by atoms with Crippen LogP contribution in [-0.4, -0.2) is 53.5 Å². The first-order chi connectivity index (χ1) is 12.2. The van der Waals surface area contributed by atoms with E-state index in [1.807, 2.05) is 24.3 Å². The number of likely N-dealkylation sites (N-methyl/N-ethyl adjacent to an activating group) is 1. The van der Waals surface area contributed by atoms with Crippen LogP contribution in [0.15, 0.2) is 24.3 Å². The van der Waals surface area contributed by atoms with Gasteiger partial charge in [0, 0.05) is 13.6 Å². The third-order valence-corrected chi connectivity index (χ3v) is 4.64. The van der Waals surface area contributed by atoms with Gasteiger partial charge in [0.25, 0.3) is 0 Å². The summed E-state index contributed by atoms with van der Waals surface area (Å²) in [6.07, 6.45) is -0.464. The highest BCUT2D eigenvalue weighted by molar-refractivity contribution is 5.93. The van der Waals surface area contributed by atoms with Gasteiger partial charge in [-0.25, -0.2) is 0 Å². The fourth-order valence-electron chi connectivity index (χ4n) is 2.87. The summed E-state index contributed by atoms with van der Waals surface area (Å²) in [4.78, 5) is 38.7. The van der Waals surface area contributed by atoms with Crippen molar-refractivity contribution in [2.24, 2.45) is 5.92 Å². The van der Waals surface area contributed by atoms with Gasteiger partial charge in [-0.15, -0.1) is 0 Å². The maximum Gasteiger partial charge on any atom is 0.249 e. The van der Waals surface area contributed by atoms with E-state index in [1.165, 1.54) is 6.92 Å². The first-order valence-corrected chi connectivity index (χ1v) is 8.84. The topological polar surface area (TPSA) is 98.7 Å². The van der Waals surface area contributed by atoms with Gasteiger partial charge in [-0.05, 0) is 30.4 Å². The van der Waals surface area contributed by atoms with Crippen LogP contribution in [0.1, 0.15) is 37.9 Å². The minimum absolute atomic E-state index is 0.191. The third-order valence-electron chi connectivity index (χ3n) is 4.64. The number of rotatable bonds is 5. The molecule has 1 heterocycles. The molecule has 3 amide bonds. The molecule has 0 aromatic heterocycles. The zero-order chi connectivity index (χ0) is 19.4. The second-order valence-electron chi connectivity index (χ2n) is 7.07. The Kier molecular flexibility index (Phi) is 6.37. The van der Waals surface area contributed by atoms with Crippen molar-refractivity contribution in [3.8, 4) is 0 Å². The predicted molar refractivity (Wildman–Crippen MR) is 97.1 cm³/mol. The van der Waals surface area contributed by atoms with Crippen molar-refractivity contribution in [1.82, 2.24) is 15.5 Å². The molecule has 0 radical (unpaired) electrons. The molecule has 1 aliphatic heterocycles. The molecule has 1 aliphatic rings. The number of fused-ring (bicyclic) bond motifs is 1. The van der Waals surface area contributed by atoms with Gasteiger partial charge in [0.15, 0.2) is 0 Å². The Morgan fingerprint density at radius 1 is 1.19 bits per heavy atom. The molecule has 7 nitrogen and oxygen atoms in total. The van der Waals surface area contributed by atoms with Crippen molar-refractivity contribution in [1.29, 1.82) is 0 Å². The van der Waals surface area contributed by atoms with Gasteiger partial charge in [-0.1, -0.05) is 38.1 Å². The van der Waals surface area contributed by atoms with Crippen LogP contribution in [0.4, 0.5) is 0 Å². The SMILES string of the molecule is CC(NC(=O)[C@@H](O)C(C)C)C(=O)N[C@@H]1C(=O)N(C)CCc2ccccc21. The summed E-state index contributed by atoms with van der Waals surface area (Å²) in [6.45, 7) is 5.53. The third kappa shape index (κ3) is 4.40. The number of carbonyl (C=O) groups is 3. The zero-order valence-corrected chi connectivity index (χ0v) is 15.7. The van der Waals surface area contributed by atoms with Gasteiger partial charge >= 0.3 is 0 Å². The Hall–Kier alpha value is -2.41. The van der Waals surface area contributed by atoms with E-state index < -0.39 is 30.0 Å². The molecular weight excluding hydrogens is 334 g/mol. The number of aliphatic hydroxyl groups excluding tert-OH is 1. The first kappa shape index (κ1) is 19.9. The van der Waals surface area contributed by atoms with Crippen LogP contribution in [0.5, 0.6) is 0 Å². The van der Waals surface area contributed by atoms with Crippen LogP contribution in [0.2, 0.25) is 0 Å². The Morgan fingerprint density at radius 3 is 2.50 bits per heavy atom. The van der Waals surface area contributed by atoms with Gasteiger partial charge in [0.2, 0.25) is 17.7 Å². The fourth-order valence-corrected chi connectivity index (χ4v) is 2.87. The van der Waals surface area contributed by atoms with E-state index in [1.54, 1.807) is 25.8 Å². The second-order valence-corrected chi connectivity index (χ2v) is 7.07. The Bertz CT molecular complexity index is 689. The van der Waals surface area contributed by atoms with Crippen LogP contribution in [0.25, 0.3) is 0 Å². The summed E-state index contributed by atoms with van der Waals surface area (Å²) < 4.78 is 0. The monoisotopic (exact) mass is 361 g/mol. The van der Waals surface area contributed by atoms with Crippen molar-refractivity contribution in [3.63, 3.8) is 0 Å². The lowest BCUT2D eigenvalue weighted by Crippen LogP contribution is -2.51. The molecule has 3 atom stereocenters. The summed E-state index contributed by atoms with van der Waals surface area (Å²) in [6, 6.07) is 5.86. The zero-order valence-electron chi connectivity index (χ0n) is 15.7. The van der Waals surface area contributed by atoms with Crippen LogP contribution in [-0.2, 0) is 20.8 Å². The van der Waals surface area contributed by atoms with Crippen LogP contribution >= 0.6 is 0 Å². The van der Waals surface area contributed by atoms with Crippen molar-refractivity contribution in [2.45, 2.75) is 45.4 Å². The average Bonchev–Trinajstić information content (AvgIpc) is 2.73. The molecule has 0 saturated carbocycles. The molecule has 2 rings (SSSR count). The van der Waals surface area contributed by atoms with Gasteiger partial charge in [0.05, 0.1) is 0 Å². The molecule has 0 saturated heterocycles. The number of aliphatic hydroxyl groups is 1. The summed E-state index contributed by atoms with van der Waals surface area (Å²) in [5.74, 6) is -1.52. The van der Waals surface area contributed by atoms with Gasteiger partial charge < -0.3 is 20.6 Å². The van der Waals surface area contributed by atoms with Crippen LogP contribution < -0.4 is 10.6 Å². The molecule has 7 heteroatoms. The van der Waals surface area contributed by atoms with Crippen molar-refractivity contribution in [3.05, 3.63) is 35.4 Å². The molecule has 142 valence electrons. The Labute approximate surface area is 153 Å². The fraction of sp³-hybridized carbons (Fsp3) is 0.526. The van der Waals surface area contributed by atoms with Gasteiger partial charge in [-0.3, -0.25) is 14.4 Å². The average molecular weight is 361 g/mol. The standard InChI is InChI=1S/C19H27N3O4/c1-11(2)16(23)18(25)20-12(3)17(24)21-15-14-8-6-5-7-13(14)9-10-22(4)19(15)26/h5-8,11-12,15-16,23H,9-10H2,1-4H3,(H,20,25)(H,21,24)/t12?,15-,16-/m0/s1. The normalized spacial score (nSPS) is 19.4. The molecule has 1 aromatic rings. The molecular formula is C19H27N3O4. The number of hydrogen-bond acceptors (Lipinski definition) is 4. The quantitative estimate of drug-likeness (QED) is 0.706.